The van der Waals surface area contributed by atoms with Crippen molar-refractivity contribution in [2.75, 3.05) is 77.5 Å². The standard InChI is InChI=1S/C36H48N12O7.C21H24N10O3/c1-44(2)13-7-10-38-31(50)9-12-39-33(52)27-15-24(19-45(27)3)41-35(54)29-17-26(21-47(29)5)43-36(55)30-16-25(20-48(30)6)42-34(53)28-14-23(18-46(28)4)40-32(51)8-11-37-22-49;1-12-8-13(9-29(12)3)23-20(33)17-24-15(11-30(17)4)27-21(34)18-25-14(10-31(18)5)26-19(32)16-22-6-7-28(16)2/h14-22H,7-13H2,1-6H3,(H,37,49)(H,38,50)(H,39,52)(H,40,51)(H,41,54)(H,42,53)(H,43,55);6-11H,1-5H3,(H,23,33)(H,26,32)(H,27,34). The van der Waals surface area contributed by atoms with E-state index in [1.165, 1.54) is 56.6 Å². The minimum atomic E-state index is -0.552. The number of anilines is 7. The average molecular weight is 1230 g/mol. The van der Waals surface area contributed by atoms with Gasteiger partial charge in [0.2, 0.25) is 29.9 Å². The van der Waals surface area contributed by atoms with Crippen molar-refractivity contribution in [1.29, 1.82) is 0 Å². The Labute approximate surface area is 510 Å². The van der Waals surface area contributed by atoms with Crippen molar-refractivity contribution in [3.05, 3.63) is 132 Å². The fourth-order valence-electron chi connectivity index (χ4n) is 8.91. The molecule has 10 N–H and O–H groups in total. The van der Waals surface area contributed by atoms with Crippen LogP contribution in [-0.4, -0.2) is 156 Å². The van der Waals surface area contributed by atoms with E-state index in [1.807, 2.05) is 43.6 Å². The van der Waals surface area contributed by atoms with Gasteiger partial charge in [0, 0.05) is 150 Å². The van der Waals surface area contributed by atoms with E-state index < -0.39 is 41.4 Å². The van der Waals surface area contributed by atoms with Crippen LogP contribution in [0.2, 0.25) is 0 Å². The highest BCUT2D eigenvalue weighted by Gasteiger charge is 2.23. The average Bonchev–Trinajstić information content (AvgIpc) is 2.08. The molecule has 8 heterocycles. The van der Waals surface area contributed by atoms with E-state index in [2.05, 4.69) is 68.1 Å². The van der Waals surface area contributed by atoms with Crippen LogP contribution in [0.25, 0.3) is 0 Å². The van der Waals surface area contributed by atoms with Gasteiger partial charge in [0.25, 0.3) is 41.4 Å². The van der Waals surface area contributed by atoms with Gasteiger partial charge in [0.1, 0.15) is 22.8 Å². The van der Waals surface area contributed by atoms with E-state index in [0.29, 0.717) is 41.4 Å². The van der Waals surface area contributed by atoms with Crippen molar-refractivity contribution in [3.8, 4) is 0 Å². The summed E-state index contributed by atoms with van der Waals surface area (Å²) in [4.78, 5) is 139. The molecule has 89 heavy (non-hydrogen) atoms. The van der Waals surface area contributed by atoms with E-state index in [-0.39, 0.29) is 89.6 Å². The van der Waals surface area contributed by atoms with Crippen molar-refractivity contribution in [2.24, 2.45) is 56.4 Å². The fraction of sp³-hybridized carbons (Fsp3) is 0.316. The summed E-state index contributed by atoms with van der Waals surface area (Å²) in [6.45, 7) is 3.69. The lowest BCUT2D eigenvalue weighted by Crippen LogP contribution is -2.32. The SMILES string of the molecule is CN(C)CCCNC(=O)CCNC(=O)c1cc(NC(=O)c2cc(NC(=O)c3cc(NC(=O)c4cc(NC(=O)CCNC=O)cn4C)cn3C)cn2C)cn1C.Cc1cc(NC(=O)c2nc(NC(=O)c3nc(NC(=O)c4nccn4C)cn3C)cn2C)cn1C. The zero-order valence-electron chi connectivity index (χ0n) is 51.1. The first-order valence-electron chi connectivity index (χ1n) is 27.6. The number of amides is 10. The molecule has 0 aliphatic rings. The van der Waals surface area contributed by atoms with Crippen molar-refractivity contribution < 1.29 is 47.9 Å². The zero-order chi connectivity index (χ0) is 64.8. The molecule has 0 bridgehead atoms. The lowest BCUT2D eigenvalue weighted by Gasteiger charge is -2.10. The normalized spacial score (nSPS) is 10.8. The summed E-state index contributed by atoms with van der Waals surface area (Å²) in [5.74, 6) is -2.97. The van der Waals surface area contributed by atoms with E-state index >= 15 is 0 Å². The van der Waals surface area contributed by atoms with E-state index in [9.17, 15) is 47.9 Å². The molecule has 470 valence electrons. The second kappa shape index (κ2) is 29.2. The van der Waals surface area contributed by atoms with E-state index in [4.69, 9.17) is 0 Å². The minimum Gasteiger partial charge on any atom is -0.358 e. The number of rotatable bonds is 25. The highest BCUT2D eigenvalue weighted by atomic mass is 16.2. The van der Waals surface area contributed by atoms with Gasteiger partial charge in [-0.15, -0.1) is 0 Å². The predicted octanol–water partition coefficient (Wildman–Crippen LogP) is 2.35. The van der Waals surface area contributed by atoms with Gasteiger partial charge in [-0.05, 0) is 64.3 Å². The van der Waals surface area contributed by atoms with Gasteiger partial charge < -0.3 is 94.6 Å². The van der Waals surface area contributed by atoms with Gasteiger partial charge in [-0.2, -0.15) is 0 Å². The molecule has 0 aliphatic heterocycles. The number of nitrogens with one attached hydrogen (secondary N) is 10. The van der Waals surface area contributed by atoms with Crippen LogP contribution in [0.1, 0.15) is 98.8 Å². The molecule has 0 radical (unpaired) electrons. The number of hydrogen-bond acceptors (Lipinski definition) is 14. The molecular formula is C57H72N22O10. The Hall–Kier alpha value is -11.3. The Morgan fingerprint density at radius 2 is 0.854 bits per heavy atom. The van der Waals surface area contributed by atoms with Crippen LogP contribution in [0, 0.1) is 6.92 Å². The minimum absolute atomic E-state index is 0.0477. The molecule has 10 amide bonds. The summed E-state index contributed by atoms with van der Waals surface area (Å²) in [5.41, 5.74) is 4.13. The molecule has 0 unspecified atom stereocenters. The molecule has 0 aliphatic carbocycles. The molecule has 8 rings (SSSR count). The monoisotopic (exact) mass is 1220 g/mol. The summed E-state index contributed by atoms with van der Waals surface area (Å²) in [5, 5.41) is 27.0. The van der Waals surface area contributed by atoms with Gasteiger partial charge in [0.05, 0.1) is 28.4 Å². The summed E-state index contributed by atoms with van der Waals surface area (Å²) in [6.07, 6.45) is 15.8. The Morgan fingerprint density at radius 1 is 0.438 bits per heavy atom. The van der Waals surface area contributed by atoms with Crippen LogP contribution in [0.4, 0.5) is 40.1 Å². The number of imidazole rings is 3. The third-order valence-electron chi connectivity index (χ3n) is 13.5. The Balaban J connectivity index is 0.000000282. The highest BCUT2D eigenvalue weighted by molar-refractivity contribution is 6.09. The summed E-state index contributed by atoms with van der Waals surface area (Å²) in [7, 11) is 17.4. The largest absolute Gasteiger partial charge is 0.358 e. The smallest absolute Gasteiger partial charge is 0.292 e. The first kappa shape index (κ1) is 65.2. The third kappa shape index (κ3) is 17.4. The topological polar surface area (TPSA) is 372 Å². The Morgan fingerprint density at radius 3 is 1.29 bits per heavy atom. The second-order valence-corrected chi connectivity index (χ2v) is 21.0. The lowest BCUT2D eigenvalue weighted by atomic mass is 10.3. The summed E-state index contributed by atoms with van der Waals surface area (Å²) < 4.78 is 12.6. The summed E-state index contributed by atoms with van der Waals surface area (Å²) in [6, 6.07) is 7.88. The van der Waals surface area contributed by atoms with Crippen LogP contribution in [0.5, 0.6) is 0 Å². The Bertz CT molecular complexity index is 3930. The molecule has 32 heteroatoms. The van der Waals surface area contributed by atoms with Crippen molar-refractivity contribution in [3.63, 3.8) is 0 Å². The molecule has 0 aromatic carbocycles. The number of aromatic nitrogens is 11. The molecule has 0 atom stereocenters. The quantitative estimate of drug-likeness (QED) is 0.0290. The van der Waals surface area contributed by atoms with Gasteiger partial charge >= 0.3 is 0 Å². The van der Waals surface area contributed by atoms with Gasteiger partial charge in [-0.25, -0.2) is 15.0 Å². The van der Waals surface area contributed by atoms with Gasteiger partial charge in [-0.1, -0.05) is 0 Å². The van der Waals surface area contributed by atoms with Gasteiger partial charge in [-0.3, -0.25) is 47.9 Å². The number of hydrogen-bond donors (Lipinski definition) is 10. The second-order valence-electron chi connectivity index (χ2n) is 21.0. The van der Waals surface area contributed by atoms with Crippen LogP contribution >= 0.6 is 0 Å². The molecule has 0 saturated heterocycles. The summed E-state index contributed by atoms with van der Waals surface area (Å²) >= 11 is 0. The molecular weight excluding hydrogens is 1150 g/mol. The van der Waals surface area contributed by atoms with E-state index in [1.54, 1.807) is 105 Å². The maximum Gasteiger partial charge on any atom is 0.292 e. The number of carbonyl (C=O) groups excluding carboxylic acids is 10. The molecule has 8 aromatic heterocycles. The molecule has 8 aromatic rings. The molecule has 0 spiro atoms. The Kier molecular flexibility index (Phi) is 21.4. The highest BCUT2D eigenvalue weighted by Crippen LogP contribution is 2.22. The number of carbonyl (C=O) groups is 10. The molecule has 0 fully saturated rings. The molecule has 0 saturated carbocycles. The first-order chi connectivity index (χ1) is 42.3. The van der Waals surface area contributed by atoms with Crippen LogP contribution in [0.3, 0.4) is 0 Å². The number of aryl methyl sites for hydroxylation is 9. The van der Waals surface area contributed by atoms with Gasteiger partial charge in [0.15, 0.2) is 17.5 Å². The maximum absolute atomic E-state index is 13.3. The predicted molar refractivity (Wildman–Crippen MR) is 330 cm³/mol. The lowest BCUT2D eigenvalue weighted by molar-refractivity contribution is -0.121. The van der Waals surface area contributed by atoms with Crippen molar-refractivity contribution >= 4 is 99.6 Å². The molecule has 32 nitrogen and oxygen atoms in total. The van der Waals surface area contributed by atoms with Crippen LogP contribution in [-0.2, 0) is 70.8 Å². The van der Waals surface area contributed by atoms with Crippen LogP contribution < -0.4 is 53.2 Å². The first-order valence-corrected chi connectivity index (χ1v) is 27.6. The number of nitrogens with zero attached hydrogens (tertiary/aromatic N) is 12. The maximum atomic E-state index is 13.3. The van der Waals surface area contributed by atoms with Crippen molar-refractivity contribution in [1.82, 2.24) is 72.3 Å². The van der Waals surface area contributed by atoms with Crippen molar-refractivity contribution in [2.45, 2.75) is 26.2 Å². The zero-order valence-corrected chi connectivity index (χ0v) is 51.1. The fourth-order valence-corrected chi connectivity index (χ4v) is 8.91. The third-order valence-corrected chi connectivity index (χ3v) is 13.5. The van der Waals surface area contributed by atoms with Crippen LogP contribution in [0.15, 0.2) is 86.1 Å². The van der Waals surface area contributed by atoms with E-state index in [0.717, 1.165) is 18.7 Å².